The number of nitrogens with two attached hydrogens (primary N) is 1. The molecule has 0 saturated carbocycles. The molecule has 116 valence electrons. The average molecular weight is 314 g/mol. The van der Waals surface area contributed by atoms with Gasteiger partial charge in [0, 0.05) is 6.20 Å². The quantitative estimate of drug-likeness (QED) is 0.635. The van der Waals surface area contributed by atoms with Crippen molar-refractivity contribution in [2.24, 2.45) is 0 Å². The summed E-state index contributed by atoms with van der Waals surface area (Å²) in [6, 6.07) is 0.688. The number of nitrogens with zero attached hydrogens (tertiary/aromatic N) is 2. The number of carbonyl (C=O) groups excluding carboxylic acids is 2. The van der Waals surface area contributed by atoms with Crippen LogP contribution in [0.25, 0.3) is 0 Å². The van der Waals surface area contributed by atoms with E-state index in [9.17, 15) is 14.4 Å². The van der Waals surface area contributed by atoms with Crippen LogP contribution in [-0.2, 0) is 20.9 Å². The Balaban J connectivity index is 2.68. The molecule has 0 radical (unpaired) electrons. The van der Waals surface area contributed by atoms with Gasteiger partial charge in [0.05, 0.1) is 7.11 Å². The van der Waals surface area contributed by atoms with E-state index in [0.717, 1.165) is 4.57 Å². The third-order valence-electron chi connectivity index (χ3n) is 2.64. The lowest BCUT2D eigenvalue weighted by Crippen LogP contribution is -2.44. The Labute approximate surface area is 126 Å². The second kappa shape index (κ2) is 8.30. The molecule has 0 bridgehead atoms. The zero-order valence-electron chi connectivity index (χ0n) is 11.9. The monoisotopic (exact) mass is 314 g/mol. The number of hydrogen-bond donors (Lipinski definition) is 2. The normalized spacial score (nSPS) is 11.7. The van der Waals surface area contributed by atoms with Crippen LogP contribution in [0, 0.1) is 0 Å². The van der Waals surface area contributed by atoms with Crippen molar-refractivity contribution in [3.8, 4) is 0 Å². The van der Waals surface area contributed by atoms with Gasteiger partial charge in [-0.05, 0) is 24.5 Å². The minimum atomic E-state index is -0.729. The first-order valence-corrected chi connectivity index (χ1v) is 7.56. The summed E-state index contributed by atoms with van der Waals surface area (Å²) in [6.07, 6.45) is 3.73. The van der Waals surface area contributed by atoms with Crippen molar-refractivity contribution < 1.29 is 14.3 Å². The highest BCUT2D eigenvalue weighted by atomic mass is 32.2. The molecule has 0 unspecified atom stereocenters. The van der Waals surface area contributed by atoms with Crippen LogP contribution in [0.1, 0.15) is 6.42 Å². The fraction of sp³-hybridized carbons (Fsp3) is 0.500. The highest BCUT2D eigenvalue weighted by molar-refractivity contribution is 7.98. The van der Waals surface area contributed by atoms with Crippen LogP contribution in [0.3, 0.4) is 0 Å². The third kappa shape index (κ3) is 5.46. The number of aromatic nitrogens is 2. The second-order valence-electron chi connectivity index (χ2n) is 4.19. The maximum atomic E-state index is 11.9. The Bertz CT molecular complexity index is 560. The van der Waals surface area contributed by atoms with Crippen molar-refractivity contribution >= 4 is 29.5 Å². The van der Waals surface area contributed by atoms with Crippen LogP contribution in [0.5, 0.6) is 0 Å². The Hall–Kier alpha value is -2.03. The molecule has 1 amide bonds. The fourth-order valence-electron chi connectivity index (χ4n) is 1.58. The number of nitrogen functional groups attached to an aromatic ring is 1. The highest BCUT2D eigenvalue weighted by Crippen LogP contribution is 2.02. The number of carbonyl (C=O) groups is 2. The number of hydrogen-bond acceptors (Lipinski definition) is 7. The summed E-state index contributed by atoms with van der Waals surface area (Å²) in [6.45, 7) is -0.237. The van der Waals surface area contributed by atoms with Crippen LogP contribution in [0.15, 0.2) is 17.1 Å². The van der Waals surface area contributed by atoms with Crippen molar-refractivity contribution in [2.45, 2.75) is 19.0 Å². The van der Waals surface area contributed by atoms with Gasteiger partial charge in [0.1, 0.15) is 18.4 Å². The van der Waals surface area contributed by atoms with Crippen molar-refractivity contribution in [1.29, 1.82) is 0 Å². The Morgan fingerprint density at radius 2 is 2.29 bits per heavy atom. The summed E-state index contributed by atoms with van der Waals surface area (Å²) in [4.78, 5) is 38.5. The van der Waals surface area contributed by atoms with Crippen LogP contribution in [0.2, 0.25) is 0 Å². The largest absolute Gasteiger partial charge is 0.467 e. The van der Waals surface area contributed by atoms with Crippen molar-refractivity contribution in [3.05, 3.63) is 22.7 Å². The predicted molar refractivity (Wildman–Crippen MR) is 79.9 cm³/mol. The van der Waals surface area contributed by atoms with E-state index < -0.39 is 23.6 Å². The van der Waals surface area contributed by atoms with Gasteiger partial charge in [0.25, 0.3) is 0 Å². The number of thioether (sulfide) groups is 1. The van der Waals surface area contributed by atoms with E-state index in [4.69, 9.17) is 5.73 Å². The van der Waals surface area contributed by atoms with Crippen LogP contribution in [0.4, 0.5) is 5.82 Å². The van der Waals surface area contributed by atoms with E-state index in [1.807, 2.05) is 6.26 Å². The zero-order valence-corrected chi connectivity index (χ0v) is 12.7. The summed E-state index contributed by atoms with van der Waals surface area (Å²) < 4.78 is 5.75. The SMILES string of the molecule is COC(=O)[C@H](CCSC)NC(=O)Cn1ccc(N)nc1=O. The van der Waals surface area contributed by atoms with E-state index >= 15 is 0 Å². The third-order valence-corrected chi connectivity index (χ3v) is 3.29. The van der Waals surface area contributed by atoms with Gasteiger partial charge in [0.2, 0.25) is 5.91 Å². The lowest BCUT2D eigenvalue weighted by Gasteiger charge is -2.16. The van der Waals surface area contributed by atoms with Gasteiger partial charge in [-0.1, -0.05) is 0 Å². The van der Waals surface area contributed by atoms with Gasteiger partial charge in [-0.2, -0.15) is 16.7 Å². The average Bonchev–Trinajstić information content (AvgIpc) is 2.45. The van der Waals surface area contributed by atoms with Gasteiger partial charge >= 0.3 is 11.7 Å². The summed E-state index contributed by atoms with van der Waals surface area (Å²) >= 11 is 1.55. The van der Waals surface area contributed by atoms with Crippen molar-refractivity contribution in [3.63, 3.8) is 0 Å². The van der Waals surface area contributed by atoms with Gasteiger partial charge in [0.15, 0.2) is 0 Å². The molecule has 0 fully saturated rings. The Morgan fingerprint density at radius 1 is 1.57 bits per heavy atom. The molecule has 1 aromatic rings. The summed E-state index contributed by atoms with van der Waals surface area (Å²) in [7, 11) is 1.26. The second-order valence-corrected chi connectivity index (χ2v) is 5.17. The van der Waals surface area contributed by atoms with Crippen LogP contribution < -0.4 is 16.7 Å². The zero-order chi connectivity index (χ0) is 15.8. The summed E-state index contributed by atoms with van der Waals surface area (Å²) in [5.41, 5.74) is 4.74. The topological polar surface area (TPSA) is 116 Å². The van der Waals surface area contributed by atoms with Gasteiger partial charge in [-0.15, -0.1) is 0 Å². The molecule has 0 aliphatic heterocycles. The Kier molecular flexibility index (Phi) is 6.73. The van der Waals surface area contributed by atoms with Crippen molar-refractivity contribution in [2.75, 3.05) is 24.9 Å². The molecule has 8 nitrogen and oxygen atoms in total. The van der Waals surface area contributed by atoms with Gasteiger partial charge in [-0.25, -0.2) is 9.59 Å². The molecule has 1 aromatic heterocycles. The maximum Gasteiger partial charge on any atom is 0.349 e. The molecule has 0 aliphatic carbocycles. The van der Waals surface area contributed by atoms with E-state index in [2.05, 4.69) is 15.0 Å². The standard InChI is InChI=1S/C12H18N4O4S/c1-20-11(18)8(4-6-21-2)14-10(17)7-16-5-3-9(13)15-12(16)19/h3,5,8H,4,6-7H2,1-2H3,(H,14,17)(H2,13,15,19)/t8-/m0/s1. The minimum absolute atomic E-state index is 0.0871. The molecule has 0 saturated heterocycles. The minimum Gasteiger partial charge on any atom is -0.467 e. The van der Waals surface area contributed by atoms with E-state index in [-0.39, 0.29) is 12.4 Å². The fourth-order valence-corrected chi connectivity index (χ4v) is 2.06. The lowest BCUT2D eigenvalue weighted by molar-refractivity contribution is -0.145. The number of ether oxygens (including phenoxy) is 1. The molecule has 0 aromatic carbocycles. The number of esters is 1. The van der Waals surface area contributed by atoms with E-state index in [1.165, 1.54) is 19.4 Å². The van der Waals surface area contributed by atoms with Crippen molar-refractivity contribution in [1.82, 2.24) is 14.9 Å². The smallest absolute Gasteiger partial charge is 0.349 e. The molecule has 21 heavy (non-hydrogen) atoms. The molecular formula is C12H18N4O4S. The maximum absolute atomic E-state index is 11.9. The molecular weight excluding hydrogens is 296 g/mol. The number of methoxy groups -OCH3 is 1. The van der Waals surface area contributed by atoms with Crippen LogP contribution in [-0.4, -0.2) is 46.6 Å². The Morgan fingerprint density at radius 3 is 2.86 bits per heavy atom. The number of amides is 1. The van der Waals surface area contributed by atoms with Gasteiger partial charge in [-0.3, -0.25) is 9.36 Å². The molecule has 0 aliphatic rings. The molecule has 0 spiro atoms. The van der Waals surface area contributed by atoms with E-state index in [1.54, 1.807) is 11.8 Å². The number of nitrogens with one attached hydrogen (secondary N) is 1. The summed E-state index contributed by atoms with van der Waals surface area (Å²) in [5.74, 6) is -0.201. The first-order valence-electron chi connectivity index (χ1n) is 6.17. The number of rotatable bonds is 7. The molecule has 3 N–H and O–H groups in total. The lowest BCUT2D eigenvalue weighted by atomic mass is 10.2. The molecule has 1 heterocycles. The highest BCUT2D eigenvalue weighted by Gasteiger charge is 2.21. The summed E-state index contributed by atoms with van der Waals surface area (Å²) in [5, 5.41) is 2.55. The first kappa shape index (κ1) is 17.0. The first-order chi connectivity index (χ1) is 9.97. The molecule has 9 heteroatoms. The predicted octanol–water partition coefficient (Wildman–Crippen LogP) is -0.764. The van der Waals surface area contributed by atoms with E-state index in [0.29, 0.717) is 12.2 Å². The molecule has 1 atom stereocenters. The number of anilines is 1. The van der Waals surface area contributed by atoms with Crippen LogP contribution >= 0.6 is 11.8 Å². The molecule has 1 rings (SSSR count). The van der Waals surface area contributed by atoms with Gasteiger partial charge < -0.3 is 15.8 Å².